The molecule has 0 bridgehead atoms. The van der Waals surface area contributed by atoms with E-state index in [0.717, 1.165) is 29.6 Å². The lowest BCUT2D eigenvalue weighted by molar-refractivity contribution is -0.143. The van der Waals surface area contributed by atoms with E-state index in [-0.39, 0.29) is 5.97 Å². The number of hydrogen-bond acceptors (Lipinski definition) is 5. The molecular weight excluding hydrogens is 226 g/mol. The zero-order valence-electron chi connectivity index (χ0n) is 9.65. The molecule has 1 aromatic rings. The van der Waals surface area contributed by atoms with E-state index in [9.17, 15) is 4.79 Å². The molecule has 1 heterocycles. The summed E-state index contributed by atoms with van der Waals surface area (Å²) in [6, 6.07) is 0. The van der Waals surface area contributed by atoms with Crippen LogP contribution in [0.3, 0.4) is 0 Å². The molecule has 0 aliphatic carbocycles. The van der Waals surface area contributed by atoms with Crippen LogP contribution < -0.4 is 0 Å². The highest BCUT2D eigenvalue weighted by molar-refractivity contribution is 7.99. The summed E-state index contributed by atoms with van der Waals surface area (Å²) in [5, 5.41) is 7.65. The predicted molar refractivity (Wildman–Crippen MR) is 62.4 cm³/mol. The van der Waals surface area contributed by atoms with Gasteiger partial charge < -0.3 is 4.74 Å². The molecule has 0 saturated heterocycles. The van der Waals surface area contributed by atoms with E-state index >= 15 is 0 Å². The molecule has 0 spiro atoms. The van der Waals surface area contributed by atoms with Gasteiger partial charge in [-0.2, -0.15) is 0 Å². The zero-order valence-corrected chi connectivity index (χ0v) is 10.5. The minimum absolute atomic E-state index is 0.132. The van der Waals surface area contributed by atoms with E-state index < -0.39 is 0 Å². The van der Waals surface area contributed by atoms with Gasteiger partial charge in [0.25, 0.3) is 0 Å². The molecule has 5 nitrogen and oxygen atoms in total. The Kier molecular flexibility index (Phi) is 5.92. The van der Waals surface area contributed by atoms with Crippen LogP contribution in [0.25, 0.3) is 0 Å². The van der Waals surface area contributed by atoms with Crippen molar-refractivity contribution in [3.8, 4) is 0 Å². The molecule has 6 heteroatoms. The number of aromatic amines is 1. The van der Waals surface area contributed by atoms with Crippen LogP contribution in [0.15, 0.2) is 5.16 Å². The summed E-state index contributed by atoms with van der Waals surface area (Å²) in [5.41, 5.74) is 0. The summed E-state index contributed by atoms with van der Waals surface area (Å²) in [5.74, 6) is 1.60. The maximum atomic E-state index is 11.0. The Morgan fingerprint density at radius 3 is 2.94 bits per heavy atom. The van der Waals surface area contributed by atoms with Gasteiger partial charge in [0.1, 0.15) is 5.82 Å². The van der Waals surface area contributed by atoms with E-state index in [4.69, 9.17) is 4.74 Å². The summed E-state index contributed by atoms with van der Waals surface area (Å²) in [4.78, 5) is 15.3. The SMILES string of the molecule is CCOC(=O)CCCSc1n[nH]c(CC)n1. The molecule has 1 rings (SSSR count). The first-order valence-corrected chi connectivity index (χ1v) is 6.44. The number of thioether (sulfide) groups is 1. The van der Waals surface area contributed by atoms with Crippen LogP contribution in [0.2, 0.25) is 0 Å². The van der Waals surface area contributed by atoms with Crippen LogP contribution in [0, 0.1) is 0 Å². The van der Waals surface area contributed by atoms with Gasteiger partial charge >= 0.3 is 5.97 Å². The van der Waals surface area contributed by atoms with E-state index in [1.807, 2.05) is 13.8 Å². The third-order valence-electron chi connectivity index (χ3n) is 1.91. The maximum absolute atomic E-state index is 11.0. The molecule has 1 N–H and O–H groups in total. The van der Waals surface area contributed by atoms with E-state index in [1.165, 1.54) is 0 Å². The minimum Gasteiger partial charge on any atom is -0.466 e. The van der Waals surface area contributed by atoms with Gasteiger partial charge in [-0.05, 0) is 13.3 Å². The van der Waals surface area contributed by atoms with Gasteiger partial charge in [0.15, 0.2) is 0 Å². The third-order valence-corrected chi connectivity index (χ3v) is 2.84. The fourth-order valence-electron chi connectivity index (χ4n) is 1.11. The third kappa shape index (κ3) is 4.65. The van der Waals surface area contributed by atoms with Gasteiger partial charge in [-0.15, -0.1) is 5.10 Å². The molecule has 0 radical (unpaired) electrons. The monoisotopic (exact) mass is 243 g/mol. The lowest BCUT2D eigenvalue weighted by Crippen LogP contribution is -2.03. The van der Waals surface area contributed by atoms with Crippen LogP contribution in [0.5, 0.6) is 0 Å². The molecule has 90 valence electrons. The van der Waals surface area contributed by atoms with Crippen molar-refractivity contribution < 1.29 is 9.53 Å². The molecule has 0 unspecified atom stereocenters. The lowest BCUT2D eigenvalue weighted by atomic mass is 10.3. The van der Waals surface area contributed by atoms with Crippen LogP contribution in [0.4, 0.5) is 0 Å². The Labute approximate surface area is 99.4 Å². The number of nitrogens with zero attached hydrogens (tertiary/aromatic N) is 2. The first-order valence-electron chi connectivity index (χ1n) is 5.46. The fourth-order valence-corrected chi connectivity index (χ4v) is 1.87. The van der Waals surface area contributed by atoms with E-state index in [0.29, 0.717) is 13.0 Å². The number of aryl methyl sites for hydroxylation is 1. The number of esters is 1. The van der Waals surface area contributed by atoms with Crippen molar-refractivity contribution in [3.05, 3.63) is 5.82 Å². The number of aromatic nitrogens is 3. The van der Waals surface area contributed by atoms with E-state index in [2.05, 4.69) is 15.2 Å². The van der Waals surface area contributed by atoms with Crippen molar-refractivity contribution in [1.82, 2.24) is 15.2 Å². The Balaban J connectivity index is 2.13. The highest BCUT2D eigenvalue weighted by atomic mass is 32.2. The number of carbonyl (C=O) groups excluding carboxylic acids is 1. The standard InChI is InChI=1S/C10H17N3O2S/c1-3-8-11-10(13-12-8)16-7-5-6-9(14)15-4-2/h3-7H2,1-2H3,(H,11,12,13). The second kappa shape index (κ2) is 7.27. The Hall–Kier alpha value is -1.04. The van der Waals surface area contributed by atoms with Crippen LogP contribution in [-0.2, 0) is 16.0 Å². The highest BCUT2D eigenvalue weighted by Gasteiger charge is 2.04. The Bertz CT molecular complexity index is 328. The Morgan fingerprint density at radius 1 is 1.50 bits per heavy atom. The minimum atomic E-state index is -0.132. The van der Waals surface area contributed by atoms with E-state index in [1.54, 1.807) is 11.8 Å². The molecule has 0 aromatic carbocycles. The summed E-state index contributed by atoms with van der Waals surface area (Å²) >= 11 is 1.56. The van der Waals surface area contributed by atoms with Gasteiger partial charge in [-0.1, -0.05) is 18.7 Å². The number of nitrogens with one attached hydrogen (secondary N) is 1. The lowest BCUT2D eigenvalue weighted by Gasteiger charge is -1.99. The normalized spacial score (nSPS) is 10.4. The predicted octanol–water partition coefficient (Wildman–Crippen LogP) is 1.80. The van der Waals surface area contributed by atoms with Crippen molar-refractivity contribution >= 4 is 17.7 Å². The molecule has 0 aliphatic rings. The topological polar surface area (TPSA) is 67.9 Å². The van der Waals surface area contributed by atoms with Crippen molar-refractivity contribution in [3.63, 3.8) is 0 Å². The van der Waals surface area contributed by atoms with Crippen molar-refractivity contribution in [2.75, 3.05) is 12.4 Å². The molecular formula is C10H17N3O2S. The number of ether oxygens (including phenoxy) is 1. The number of carbonyl (C=O) groups is 1. The average Bonchev–Trinajstić information content (AvgIpc) is 2.73. The van der Waals surface area contributed by atoms with Crippen molar-refractivity contribution in [2.45, 2.75) is 38.3 Å². The van der Waals surface area contributed by atoms with Crippen LogP contribution >= 0.6 is 11.8 Å². The van der Waals surface area contributed by atoms with Gasteiger partial charge in [0.05, 0.1) is 6.61 Å². The van der Waals surface area contributed by atoms with Crippen LogP contribution in [-0.4, -0.2) is 33.5 Å². The smallest absolute Gasteiger partial charge is 0.305 e. The number of rotatable bonds is 7. The highest BCUT2D eigenvalue weighted by Crippen LogP contribution is 2.14. The molecule has 0 saturated carbocycles. The van der Waals surface area contributed by atoms with Gasteiger partial charge in [-0.25, -0.2) is 4.98 Å². The molecule has 0 aliphatic heterocycles. The second-order valence-corrected chi connectivity index (χ2v) is 4.24. The molecule has 16 heavy (non-hydrogen) atoms. The maximum Gasteiger partial charge on any atom is 0.305 e. The number of H-pyrrole nitrogens is 1. The summed E-state index contributed by atoms with van der Waals surface area (Å²) in [6.45, 7) is 4.29. The summed E-state index contributed by atoms with van der Waals surface area (Å²) in [6.07, 6.45) is 2.11. The molecule has 0 fully saturated rings. The molecule has 0 amide bonds. The first-order chi connectivity index (χ1) is 7.76. The fraction of sp³-hybridized carbons (Fsp3) is 0.700. The molecule has 1 aromatic heterocycles. The van der Waals surface area contributed by atoms with Crippen LogP contribution in [0.1, 0.15) is 32.5 Å². The van der Waals surface area contributed by atoms with Gasteiger partial charge in [0.2, 0.25) is 5.16 Å². The Morgan fingerprint density at radius 2 is 2.31 bits per heavy atom. The van der Waals surface area contributed by atoms with Crippen molar-refractivity contribution in [1.29, 1.82) is 0 Å². The van der Waals surface area contributed by atoms with Gasteiger partial charge in [0, 0.05) is 18.6 Å². The van der Waals surface area contributed by atoms with Gasteiger partial charge in [-0.3, -0.25) is 9.89 Å². The second-order valence-electron chi connectivity index (χ2n) is 3.18. The summed E-state index contributed by atoms with van der Waals surface area (Å²) in [7, 11) is 0. The number of hydrogen-bond donors (Lipinski definition) is 1. The average molecular weight is 243 g/mol. The molecule has 0 atom stereocenters. The summed E-state index contributed by atoms with van der Waals surface area (Å²) < 4.78 is 4.83. The largest absolute Gasteiger partial charge is 0.466 e. The first kappa shape index (κ1) is 13.0. The van der Waals surface area contributed by atoms with Crippen molar-refractivity contribution in [2.24, 2.45) is 0 Å². The quantitative estimate of drug-likeness (QED) is 0.449. The zero-order chi connectivity index (χ0) is 11.8.